The number of benzene rings is 1. The molecule has 2 rings (SSSR count). The molecule has 0 aliphatic heterocycles. The second kappa shape index (κ2) is 6.51. The smallest absolute Gasteiger partial charge is 0.246 e. The number of carbonyl (C=O) groups is 1. The van der Waals surface area contributed by atoms with Crippen LogP contribution in [0.1, 0.15) is 11.4 Å². The Labute approximate surface area is 104 Å². The van der Waals surface area contributed by atoms with Crippen molar-refractivity contribution in [2.24, 2.45) is 0 Å². The molecule has 0 spiro atoms. The quantitative estimate of drug-likeness (QED) is 0.783. The number of aromatic nitrogens is 3. The maximum atomic E-state index is 11.4. The third-order valence-electron chi connectivity index (χ3n) is 2.26. The molecular weight excluding hydrogens is 232 g/mol. The van der Waals surface area contributed by atoms with Gasteiger partial charge in [-0.05, 0) is 5.56 Å². The van der Waals surface area contributed by atoms with Gasteiger partial charge < -0.3 is 10.1 Å². The number of aromatic amines is 1. The molecule has 18 heavy (non-hydrogen) atoms. The van der Waals surface area contributed by atoms with Crippen LogP contribution in [0.4, 0.5) is 0 Å². The highest BCUT2D eigenvalue weighted by Gasteiger charge is 2.02. The van der Waals surface area contributed by atoms with Gasteiger partial charge in [0, 0.05) is 0 Å². The highest BCUT2D eigenvalue weighted by molar-refractivity contribution is 5.77. The molecule has 0 aliphatic rings. The molecule has 1 amide bonds. The summed E-state index contributed by atoms with van der Waals surface area (Å²) in [5.74, 6) is 0.439. The van der Waals surface area contributed by atoms with Gasteiger partial charge in [-0.2, -0.15) is 5.10 Å². The van der Waals surface area contributed by atoms with Gasteiger partial charge in [0.1, 0.15) is 18.8 Å². The van der Waals surface area contributed by atoms with Crippen LogP contribution >= 0.6 is 0 Å². The molecule has 0 radical (unpaired) electrons. The maximum Gasteiger partial charge on any atom is 0.246 e. The van der Waals surface area contributed by atoms with Crippen LogP contribution in [0.25, 0.3) is 0 Å². The van der Waals surface area contributed by atoms with Gasteiger partial charge in [0.15, 0.2) is 0 Å². The van der Waals surface area contributed by atoms with Crippen molar-refractivity contribution in [1.29, 1.82) is 0 Å². The molecule has 0 bridgehead atoms. The number of H-pyrrole nitrogens is 1. The van der Waals surface area contributed by atoms with E-state index in [4.69, 9.17) is 4.74 Å². The summed E-state index contributed by atoms with van der Waals surface area (Å²) in [6, 6.07) is 9.71. The van der Waals surface area contributed by atoms with Gasteiger partial charge in [0.25, 0.3) is 0 Å². The first-order valence-corrected chi connectivity index (χ1v) is 5.57. The molecule has 2 aromatic rings. The van der Waals surface area contributed by atoms with Gasteiger partial charge in [0.2, 0.25) is 5.91 Å². The third-order valence-corrected chi connectivity index (χ3v) is 2.26. The fourth-order valence-electron chi connectivity index (χ4n) is 1.39. The predicted molar refractivity (Wildman–Crippen MR) is 64.3 cm³/mol. The summed E-state index contributed by atoms with van der Waals surface area (Å²) in [5.41, 5.74) is 1.04. The number of nitrogens with zero attached hydrogens (tertiary/aromatic N) is 2. The number of nitrogens with one attached hydrogen (secondary N) is 2. The van der Waals surface area contributed by atoms with Crippen LogP contribution in [-0.2, 0) is 22.7 Å². The maximum absolute atomic E-state index is 11.4. The Bertz CT molecular complexity index is 470. The average Bonchev–Trinajstić information content (AvgIpc) is 2.91. The Hall–Kier alpha value is -2.21. The zero-order chi connectivity index (χ0) is 12.6. The number of hydrogen-bond donors (Lipinski definition) is 2. The lowest BCUT2D eigenvalue weighted by atomic mass is 10.2. The summed E-state index contributed by atoms with van der Waals surface area (Å²) in [7, 11) is 0. The monoisotopic (exact) mass is 246 g/mol. The van der Waals surface area contributed by atoms with E-state index < -0.39 is 0 Å². The SMILES string of the molecule is O=C(COCc1ccccc1)NCc1ncn[nH]1. The molecular formula is C12H14N4O2. The Morgan fingerprint density at radius 3 is 2.89 bits per heavy atom. The van der Waals surface area contributed by atoms with E-state index in [9.17, 15) is 4.79 Å². The molecule has 1 heterocycles. The molecule has 0 unspecified atom stereocenters. The lowest BCUT2D eigenvalue weighted by Crippen LogP contribution is -2.27. The van der Waals surface area contributed by atoms with Crippen LogP contribution in [0.3, 0.4) is 0 Å². The molecule has 6 nitrogen and oxygen atoms in total. The van der Waals surface area contributed by atoms with Gasteiger partial charge in [-0.25, -0.2) is 4.98 Å². The number of hydrogen-bond acceptors (Lipinski definition) is 4. The van der Waals surface area contributed by atoms with Crippen LogP contribution in [0.15, 0.2) is 36.7 Å². The molecule has 6 heteroatoms. The van der Waals surface area contributed by atoms with E-state index >= 15 is 0 Å². The molecule has 0 saturated heterocycles. The molecule has 0 atom stereocenters. The van der Waals surface area contributed by atoms with E-state index in [1.807, 2.05) is 30.3 Å². The standard InChI is InChI=1S/C12H14N4O2/c17-12(13-6-11-14-9-15-16-11)8-18-7-10-4-2-1-3-5-10/h1-5,9H,6-8H2,(H,13,17)(H,14,15,16). The van der Waals surface area contributed by atoms with Crippen molar-refractivity contribution in [1.82, 2.24) is 20.5 Å². The van der Waals surface area contributed by atoms with Crippen molar-refractivity contribution in [2.75, 3.05) is 6.61 Å². The van der Waals surface area contributed by atoms with Crippen LogP contribution in [-0.4, -0.2) is 27.7 Å². The minimum Gasteiger partial charge on any atom is -0.367 e. The van der Waals surface area contributed by atoms with E-state index in [1.54, 1.807) is 0 Å². The Balaban J connectivity index is 1.63. The van der Waals surface area contributed by atoms with Crippen LogP contribution in [0.5, 0.6) is 0 Å². The van der Waals surface area contributed by atoms with Crippen LogP contribution < -0.4 is 5.32 Å². The van der Waals surface area contributed by atoms with E-state index in [0.29, 0.717) is 19.0 Å². The number of amides is 1. The third kappa shape index (κ3) is 3.99. The molecule has 0 fully saturated rings. The highest BCUT2D eigenvalue weighted by atomic mass is 16.5. The summed E-state index contributed by atoms with van der Waals surface area (Å²) in [4.78, 5) is 15.3. The van der Waals surface area contributed by atoms with Gasteiger partial charge in [0.05, 0.1) is 13.2 Å². The lowest BCUT2D eigenvalue weighted by Gasteiger charge is -2.05. The van der Waals surface area contributed by atoms with Gasteiger partial charge in [-0.3, -0.25) is 9.89 Å². The zero-order valence-electron chi connectivity index (χ0n) is 9.80. The van der Waals surface area contributed by atoms with E-state index in [1.165, 1.54) is 6.33 Å². The normalized spacial score (nSPS) is 10.2. The average molecular weight is 246 g/mol. The molecule has 2 N–H and O–H groups in total. The molecule has 0 aliphatic carbocycles. The minimum atomic E-state index is -0.178. The van der Waals surface area contributed by atoms with Crippen molar-refractivity contribution in [2.45, 2.75) is 13.2 Å². The summed E-state index contributed by atoms with van der Waals surface area (Å²) in [6.45, 7) is 0.785. The zero-order valence-corrected chi connectivity index (χ0v) is 9.80. The lowest BCUT2D eigenvalue weighted by molar-refractivity contribution is -0.126. The van der Waals surface area contributed by atoms with Crippen molar-refractivity contribution >= 4 is 5.91 Å². The molecule has 1 aromatic heterocycles. The first-order chi connectivity index (χ1) is 8.84. The minimum absolute atomic E-state index is 0.0308. The summed E-state index contributed by atoms with van der Waals surface area (Å²) in [6.07, 6.45) is 1.40. The van der Waals surface area contributed by atoms with E-state index in [-0.39, 0.29) is 12.5 Å². The van der Waals surface area contributed by atoms with Gasteiger partial charge in [-0.1, -0.05) is 30.3 Å². The van der Waals surface area contributed by atoms with Crippen LogP contribution in [0.2, 0.25) is 0 Å². The second-order valence-corrected chi connectivity index (χ2v) is 3.69. The summed E-state index contributed by atoms with van der Waals surface area (Å²) >= 11 is 0. The number of ether oxygens (including phenoxy) is 1. The van der Waals surface area contributed by atoms with Crippen molar-refractivity contribution in [3.05, 3.63) is 48.0 Å². The van der Waals surface area contributed by atoms with Crippen molar-refractivity contribution in [3.8, 4) is 0 Å². The Kier molecular flexibility index (Phi) is 4.43. The summed E-state index contributed by atoms with van der Waals surface area (Å²) in [5, 5.41) is 9.01. The van der Waals surface area contributed by atoms with Crippen molar-refractivity contribution in [3.63, 3.8) is 0 Å². The predicted octanol–water partition coefficient (Wildman–Crippen LogP) is 0.638. The molecule has 94 valence electrons. The highest BCUT2D eigenvalue weighted by Crippen LogP contribution is 1.99. The molecule has 0 saturated carbocycles. The fraction of sp³-hybridized carbons (Fsp3) is 0.250. The number of carbonyl (C=O) groups excluding carboxylic acids is 1. The van der Waals surface area contributed by atoms with Gasteiger partial charge >= 0.3 is 0 Å². The number of rotatable bonds is 6. The van der Waals surface area contributed by atoms with Crippen LogP contribution in [0, 0.1) is 0 Å². The summed E-state index contributed by atoms with van der Waals surface area (Å²) < 4.78 is 5.29. The topological polar surface area (TPSA) is 79.9 Å². The first-order valence-electron chi connectivity index (χ1n) is 5.57. The Morgan fingerprint density at radius 2 is 2.17 bits per heavy atom. The second-order valence-electron chi connectivity index (χ2n) is 3.69. The first kappa shape index (κ1) is 12.3. The van der Waals surface area contributed by atoms with Gasteiger partial charge in [-0.15, -0.1) is 0 Å². The van der Waals surface area contributed by atoms with Crippen molar-refractivity contribution < 1.29 is 9.53 Å². The Morgan fingerprint density at radius 1 is 1.33 bits per heavy atom. The largest absolute Gasteiger partial charge is 0.367 e. The fourth-order valence-corrected chi connectivity index (χ4v) is 1.39. The van der Waals surface area contributed by atoms with E-state index in [0.717, 1.165) is 5.56 Å². The van der Waals surface area contributed by atoms with E-state index in [2.05, 4.69) is 20.5 Å². The molecule has 1 aromatic carbocycles.